The summed E-state index contributed by atoms with van der Waals surface area (Å²) in [6.45, 7) is 8.16. The molecule has 0 radical (unpaired) electrons. The Hall–Kier alpha value is -6.36. The summed E-state index contributed by atoms with van der Waals surface area (Å²) in [6.07, 6.45) is 21.2. The predicted octanol–water partition coefficient (Wildman–Crippen LogP) is 6.65. The molecule has 0 spiro atoms. The second-order valence-corrected chi connectivity index (χ2v) is 14.1. The quantitative estimate of drug-likeness (QED) is 0.130. The molecule has 1 saturated heterocycles. The molecule has 8 aromatic heterocycles. The summed E-state index contributed by atoms with van der Waals surface area (Å²) >= 11 is 3.29. The van der Waals surface area contributed by atoms with Crippen LogP contribution in [0.5, 0.6) is 0 Å². The minimum atomic E-state index is -0.384. The Labute approximate surface area is 332 Å². The van der Waals surface area contributed by atoms with Gasteiger partial charge in [-0.15, -0.1) is 0 Å². The van der Waals surface area contributed by atoms with Gasteiger partial charge in [-0.3, -0.25) is 9.97 Å². The Morgan fingerprint density at radius 1 is 0.536 bits per heavy atom. The van der Waals surface area contributed by atoms with Gasteiger partial charge in [0.25, 0.3) is 0 Å². The topological polar surface area (TPSA) is 157 Å². The maximum absolute atomic E-state index is 6.01. The third-order valence-corrected chi connectivity index (χ3v) is 9.32. The minimum Gasteiger partial charge on any atom is -0.399 e. The molecular weight excluding hydrogens is 771 g/mol. The van der Waals surface area contributed by atoms with Crippen LogP contribution in [0, 0.1) is 0 Å². The van der Waals surface area contributed by atoms with Gasteiger partial charge in [0.1, 0.15) is 16.0 Å². The summed E-state index contributed by atoms with van der Waals surface area (Å²) in [6, 6.07) is 22.6. The van der Waals surface area contributed by atoms with Gasteiger partial charge in [-0.25, -0.2) is 39.3 Å². The molecule has 0 atom stereocenters. The molecule has 0 aromatic carbocycles. The van der Waals surface area contributed by atoms with Gasteiger partial charge in [-0.1, -0.05) is 12.1 Å². The summed E-state index contributed by atoms with van der Waals surface area (Å²) < 4.78 is 16.4. The molecule has 278 valence electrons. The minimum absolute atomic E-state index is 0.339. The van der Waals surface area contributed by atoms with Crippen molar-refractivity contribution >= 4 is 28.5 Å². The number of aromatic nitrogens is 12. The Balaban J connectivity index is 0.000000134. The molecule has 56 heavy (non-hydrogen) atoms. The van der Waals surface area contributed by atoms with Crippen molar-refractivity contribution in [2.75, 3.05) is 0 Å². The lowest BCUT2D eigenvalue weighted by Crippen LogP contribution is -2.41. The summed E-state index contributed by atoms with van der Waals surface area (Å²) in [5.74, 6) is 1.25. The van der Waals surface area contributed by atoms with Crippen LogP contribution in [0.15, 0.2) is 152 Å². The molecule has 0 unspecified atom stereocenters. The molecule has 0 aliphatic carbocycles. The maximum atomic E-state index is 6.01. The first kappa shape index (κ1) is 37.9. The number of rotatable bonds is 6. The van der Waals surface area contributed by atoms with Gasteiger partial charge in [0.05, 0.1) is 46.9 Å². The molecule has 8 aromatic rings. The number of hydrogen-bond donors (Lipinski definition) is 0. The van der Waals surface area contributed by atoms with E-state index in [2.05, 4.69) is 66.0 Å². The van der Waals surface area contributed by atoms with Crippen LogP contribution in [-0.2, 0) is 9.31 Å². The predicted molar refractivity (Wildman–Crippen MR) is 216 cm³/mol. The van der Waals surface area contributed by atoms with E-state index in [0.717, 1.165) is 44.1 Å². The second-order valence-electron chi connectivity index (χ2n) is 13.3. The molecule has 9 heterocycles. The van der Waals surface area contributed by atoms with Crippen LogP contribution in [-0.4, -0.2) is 77.8 Å². The number of pyridine rings is 4. The zero-order valence-electron chi connectivity index (χ0n) is 31.0. The van der Waals surface area contributed by atoms with E-state index in [-0.39, 0.29) is 18.3 Å². The molecule has 1 aliphatic heterocycles. The lowest BCUT2D eigenvalue weighted by Gasteiger charge is -2.32. The fraction of sp³-hybridized carbons (Fsp3) is 0.150. The average molecular weight is 808 g/mol. The van der Waals surface area contributed by atoms with Gasteiger partial charge < -0.3 is 9.31 Å². The van der Waals surface area contributed by atoms with Crippen LogP contribution in [0.2, 0.25) is 0 Å². The molecule has 0 saturated carbocycles. The molecule has 1 fully saturated rings. The Kier molecular flexibility index (Phi) is 11.5. The van der Waals surface area contributed by atoms with Crippen molar-refractivity contribution < 1.29 is 9.31 Å². The van der Waals surface area contributed by atoms with E-state index in [1.165, 1.54) is 0 Å². The molecule has 0 bridgehead atoms. The van der Waals surface area contributed by atoms with Crippen molar-refractivity contribution in [3.8, 4) is 45.7 Å². The Morgan fingerprint density at radius 2 is 1.05 bits per heavy atom. The highest BCUT2D eigenvalue weighted by atomic mass is 79.9. The second kappa shape index (κ2) is 17.0. The normalized spacial score (nSPS) is 13.9. The maximum Gasteiger partial charge on any atom is 0.498 e. The van der Waals surface area contributed by atoms with Crippen LogP contribution >= 0.6 is 15.9 Å². The van der Waals surface area contributed by atoms with E-state index >= 15 is 0 Å². The zero-order chi connectivity index (χ0) is 39.0. The lowest BCUT2D eigenvalue weighted by atomic mass is 9.82. The summed E-state index contributed by atoms with van der Waals surface area (Å²) in [5, 5.41) is 8.71. The average Bonchev–Trinajstić information content (AvgIpc) is 3.99. The van der Waals surface area contributed by atoms with Crippen LogP contribution in [0.3, 0.4) is 0 Å². The number of nitrogens with zero attached hydrogens (tertiary/aromatic N) is 12. The van der Waals surface area contributed by atoms with E-state index < -0.39 is 0 Å². The molecule has 16 heteroatoms. The SMILES string of the molecule is Brc1cccc(-c2ncccn2)n1.CC1(C)OB(c2cnn(-c3cccnc3)c2)OC1(C)C.c1cnc(-c2cccc(-c3cnn(-c4cccnc4)c3)n2)nc1. The summed E-state index contributed by atoms with van der Waals surface area (Å²) in [5.41, 5.74) is 5.30. The van der Waals surface area contributed by atoms with Crippen LogP contribution in [0.4, 0.5) is 0 Å². The smallest absolute Gasteiger partial charge is 0.399 e. The van der Waals surface area contributed by atoms with Crippen molar-refractivity contribution in [2.24, 2.45) is 0 Å². The summed E-state index contributed by atoms with van der Waals surface area (Å²) in [4.78, 5) is 33.7. The Bertz CT molecular complexity index is 2450. The largest absolute Gasteiger partial charge is 0.498 e. The number of hydrogen-bond acceptors (Lipinski definition) is 12. The summed E-state index contributed by atoms with van der Waals surface area (Å²) in [7, 11) is -0.384. The van der Waals surface area contributed by atoms with Gasteiger partial charge >= 0.3 is 7.12 Å². The van der Waals surface area contributed by atoms with E-state index in [9.17, 15) is 0 Å². The van der Waals surface area contributed by atoms with E-state index in [1.807, 2.05) is 101 Å². The standard InChI is InChI=1S/C17H12N6.C14H18BN3O2.C9H6BrN3/c1-5-15(22-16(6-1)17-19-8-3-9-20-17)13-10-21-23(12-13)14-4-2-7-18-11-14;1-13(2)14(3,4)20-15(19-13)11-8-17-18(10-11)12-6-5-7-16-9-12;10-8-4-1-3-7(13-8)9-11-5-2-6-12-9/h1-12H;5-10H,1-4H3;1-6H. The first-order valence-electron chi connectivity index (χ1n) is 17.6. The Morgan fingerprint density at radius 3 is 1.61 bits per heavy atom. The highest BCUT2D eigenvalue weighted by Gasteiger charge is 2.52. The molecule has 1 aliphatic rings. The highest BCUT2D eigenvalue weighted by Crippen LogP contribution is 2.36. The molecule has 0 amide bonds. The van der Waals surface area contributed by atoms with Crippen molar-refractivity contribution in [1.82, 2.24) is 59.4 Å². The molecule has 0 N–H and O–H groups in total. The zero-order valence-corrected chi connectivity index (χ0v) is 32.6. The molecular formula is C40H36BBrN12O2. The number of halogens is 1. The van der Waals surface area contributed by atoms with E-state index in [4.69, 9.17) is 9.31 Å². The van der Waals surface area contributed by atoms with Crippen LogP contribution < -0.4 is 5.46 Å². The third-order valence-electron chi connectivity index (χ3n) is 8.88. The van der Waals surface area contributed by atoms with Crippen molar-refractivity contribution in [2.45, 2.75) is 38.9 Å². The first-order chi connectivity index (χ1) is 27.1. The van der Waals surface area contributed by atoms with Gasteiger partial charge in [-0.05, 0) is 104 Å². The van der Waals surface area contributed by atoms with Crippen molar-refractivity contribution in [3.63, 3.8) is 0 Å². The monoisotopic (exact) mass is 806 g/mol. The van der Waals surface area contributed by atoms with Gasteiger partial charge in [0.2, 0.25) is 0 Å². The molecule has 9 rings (SSSR count). The van der Waals surface area contributed by atoms with Gasteiger partial charge in [0.15, 0.2) is 11.6 Å². The fourth-order valence-electron chi connectivity index (χ4n) is 5.27. The van der Waals surface area contributed by atoms with Crippen molar-refractivity contribution in [3.05, 3.63) is 152 Å². The van der Waals surface area contributed by atoms with E-state index in [0.29, 0.717) is 11.6 Å². The first-order valence-corrected chi connectivity index (χ1v) is 18.3. The van der Waals surface area contributed by atoms with Gasteiger partial charge in [-0.2, -0.15) is 10.2 Å². The van der Waals surface area contributed by atoms with Crippen molar-refractivity contribution in [1.29, 1.82) is 0 Å². The molecule has 14 nitrogen and oxygen atoms in total. The van der Waals surface area contributed by atoms with Crippen LogP contribution in [0.25, 0.3) is 45.7 Å². The van der Waals surface area contributed by atoms with Crippen LogP contribution in [0.1, 0.15) is 27.7 Å². The van der Waals surface area contributed by atoms with E-state index in [1.54, 1.807) is 83.5 Å². The highest BCUT2D eigenvalue weighted by molar-refractivity contribution is 9.10. The van der Waals surface area contributed by atoms with Gasteiger partial charge in [0, 0.05) is 66.8 Å². The fourth-order valence-corrected chi connectivity index (χ4v) is 5.61. The lowest BCUT2D eigenvalue weighted by molar-refractivity contribution is 0.00578. The third kappa shape index (κ3) is 9.11.